The third-order valence-electron chi connectivity index (χ3n) is 3.11. The fourth-order valence-electron chi connectivity index (χ4n) is 2.15. The van der Waals surface area contributed by atoms with E-state index in [1.807, 2.05) is 0 Å². The Hall–Kier alpha value is -0.870. The number of aromatic nitrogens is 1. The number of hydrogen-bond acceptors (Lipinski definition) is 3. The van der Waals surface area contributed by atoms with Gasteiger partial charge < -0.3 is 10.4 Å². The van der Waals surface area contributed by atoms with Crippen LogP contribution in [-0.2, 0) is 0 Å². The number of halogens is 2. The van der Waals surface area contributed by atoms with Crippen LogP contribution in [-0.4, -0.2) is 22.2 Å². The molecule has 17 heavy (non-hydrogen) atoms. The summed E-state index contributed by atoms with van der Waals surface area (Å²) >= 11 is 5.63. The summed E-state index contributed by atoms with van der Waals surface area (Å²) in [6.45, 7) is 0. The van der Waals surface area contributed by atoms with Crippen LogP contribution in [0.25, 0.3) is 0 Å². The maximum absolute atomic E-state index is 13.5. The second-order valence-corrected chi connectivity index (χ2v) is 4.88. The first-order chi connectivity index (χ1) is 8.16. The standard InChI is InChI=1S/C12H16ClFN2O/c13-8-6-9(14)12(15-7-8)16-10-4-2-1-3-5-11(10)17/h6-7,10-11,17H,1-5H2,(H,15,16). The minimum absolute atomic E-state index is 0.124. The van der Waals surface area contributed by atoms with Gasteiger partial charge in [-0.2, -0.15) is 0 Å². The Bertz CT molecular complexity index is 389. The van der Waals surface area contributed by atoms with Gasteiger partial charge in [-0.3, -0.25) is 0 Å². The number of anilines is 1. The molecular formula is C12H16ClFN2O. The summed E-state index contributed by atoms with van der Waals surface area (Å²) in [4.78, 5) is 3.91. The van der Waals surface area contributed by atoms with Crippen LogP contribution in [0.3, 0.4) is 0 Å². The third-order valence-corrected chi connectivity index (χ3v) is 3.32. The zero-order chi connectivity index (χ0) is 12.3. The molecule has 1 saturated carbocycles. The molecular weight excluding hydrogens is 243 g/mol. The van der Waals surface area contributed by atoms with Gasteiger partial charge in [0.2, 0.25) is 0 Å². The molecule has 2 N–H and O–H groups in total. The Balaban J connectivity index is 2.08. The minimum atomic E-state index is -0.478. The van der Waals surface area contributed by atoms with Crippen molar-refractivity contribution in [3.8, 4) is 0 Å². The van der Waals surface area contributed by atoms with Crippen molar-refractivity contribution in [1.29, 1.82) is 0 Å². The SMILES string of the molecule is OC1CCCCCC1Nc1ncc(Cl)cc1F. The zero-order valence-corrected chi connectivity index (χ0v) is 10.3. The van der Waals surface area contributed by atoms with Gasteiger partial charge in [-0.1, -0.05) is 30.9 Å². The average molecular weight is 259 g/mol. The van der Waals surface area contributed by atoms with E-state index in [1.54, 1.807) is 0 Å². The van der Waals surface area contributed by atoms with Crippen molar-refractivity contribution < 1.29 is 9.50 Å². The van der Waals surface area contributed by atoms with E-state index in [-0.39, 0.29) is 16.9 Å². The molecule has 5 heteroatoms. The molecule has 0 spiro atoms. The first-order valence-corrected chi connectivity index (χ1v) is 6.30. The maximum Gasteiger partial charge on any atom is 0.166 e. The Kier molecular flexibility index (Phi) is 4.18. The van der Waals surface area contributed by atoms with E-state index in [1.165, 1.54) is 12.3 Å². The molecule has 94 valence electrons. The first-order valence-electron chi connectivity index (χ1n) is 5.92. The van der Waals surface area contributed by atoms with Gasteiger partial charge in [0.25, 0.3) is 0 Å². The van der Waals surface area contributed by atoms with Gasteiger partial charge in [0.15, 0.2) is 11.6 Å². The average Bonchev–Trinajstić information content (AvgIpc) is 2.48. The monoisotopic (exact) mass is 258 g/mol. The van der Waals surface area contributed by atoms with Gasteiger partial charge in [0, 0.05) is 6.20 Å². The van der Waals surface area contributed by atoms with Crippen LogP contribution in [0, 0.1) is 5.82 Å². The Labute approximate surface area is 105 Å². The number of rotatable bonds is 2. The highest BCUT2D eigenvalue weighted by Gasteiger charge is 2.22. The third kappa shape index (κ3) is 3.30. The van der Waals surface area contributed by atoms with E-state index in [2.05, 4.69) is 10.3 Å². The van der Waals surface area contributed by atoms with Crippen LogP contribution in [0.2, 0.25) is 5.02 Å². The van der Waals surface area contributed by atoms with Gasteiger partial charge >= 0.3 is 0 Å². The van der Waals surface area contributed by atoms with Crippen LogP contribution in [0.15, 0.2) is 12.3 Å². The molecule has 1 aliphatic rings. The fourth-order valence-corrected chi connectivity index (χ4v) is 2.30. The topological polar surface area (TPSA) is 45.1 Å². The van der Waals surface area contributed by atoms with E-state index in [0.717, 1.165) is 32.1 Å². The predicted octanol–water partition coefficient (Wildman–Crippen LogP) is 2.98. The highest BCUT2D eigenvalue weighted by Crippen LogP contribution is 2.23. The molecule has 0 bridgehead atoms. The van der Waals surface area contributed by atoms with Gasteiger partial charge in [-0.25, -0.2) is 9.37 Å². The molecule has 1 aromatic heterocycles. The quantitative estimate of drug-likeness (QED) is 0.802. The molecule has 0 radical (unpaired) electrons. The lowest BCUT2D eigenvalue weighted by Crippen LogP contribution is -2.33. The minimum Gasteiger partial charge on any atom is -0.391 e. The van der Waals surface area contributed by atoms with Crippen LogP contribution in [0.5, 0.6) is 0 Å². The molecule has 0 saturated heterocycles. The smallest absolute Gasteiger partial charge is 0.166 e. The summed E-state index contributed by atoms with van der Waals surface area (Å²) < 4.78 is 13.5. The second-order valence-electron chi connectivity index (χ2n) is 4.44. The van der Waals surface area contributed by atoms with Gasteiger partial charge in [0.1, 0.15) is 0 Å². The highest BCUT2D eigenvalue weighted by atomic mass is 35.5. The molecule has 2 rings (SSSR count). The number of hydrogen-bond donors (Lipinski definition) is 2. The molecule has 1 heterocycles. The van der Waals surface area contributed by atoms with E-state index in [0.29, 0.717) is 0 Å². The Morgan fingerprint density at radius 1 is 1.35 bits per heavy atom. The summed E-state index contributed by atoms with van der Waals surface area (Å²) in [6.07, 6.45) is 5.74. The molecule has 0 aliphatic heterocycles. The largest absolute Gasteiger partial charge is 0.391 e. The molecule has 1 fully saturated rings. The number of nitrogens with zero attached hydrogens (tertiary/aromatic N) is 1. The van der Waals surface area contributed by atoms with Crippen LogP contribution >= 0.6 is 11.6 Å². The molecule has 0 amide bonds. The molecule has 0 aromatic carbocycles. The molecule has 2 unspecified atom stereocenters. The number of aliphatic hydroxyl groups excluding tert-OH is 1. The van der Waals surface area contributed by atoms with E-state index < -0.39 is 11.9 Å². The van der Waals surface area contributed by atoms with Crippen molar-refractivity contribution in [3.05, 3.63) is 23.1 Å². The van der Waals surface area contributed by atoms with Crippen molar-refractivity contribution in [2.45, 2.75) is 44.2 Å². The lowest BCUT2D eigenvalue weighted by molar-refractivity contribution is 0.144. The van der Waals surface area contributed by atoms with Gasteiger partial charge in [-0.05, 0) is 18.9 Å². The Morgan fingerprint density at radius 3 is 2.88 bits per heavy atom. The van der Waals surface area contributed by atoms with Crippen LogP contribution in [0.1, 0.15) is 32.1 Å². The summed E-state index contributed by atoms with van der Waals surface area (Å²) in [5.41, 5.74) is 0. The van der Waals surface area contributed by atoms with E-state index in [4.69, 9.17) is 11.6 Å². The fraction of sp³-hybridized carbons (Fsp3) is 0.583. The first kappa shape index (κ1) is 12.6. The normalized spacial score (nSPS) is 25.4. The van der Waals surface area contributed by atoms with Crippen molar-refractivity contribution in [1.82, 2.24) is 4.98 Å². The maximum atomic E-state index is 13.5. The molecule has 1 aromatic rings. The van der Waals surface area contributed by atoms with Crippen molar-refractivity contribution in [3.63, 3.8) is 0 Å². The summed E-state index contributed by atoms with van der Waals surface area (Å²) in [5, 5.41) is 13.2. The molecule has 3 nitrogen and oxygen atoms in total. The lowest BCUT2D eigenvalue weighted by Gasteiger charge is -2.22. The summed E-state index contributed by atoms with van der Waals surface area (Å²) in [6, 6.07) is 1.10. The lowest BCUT2D eigenvalue weighted by atomic mass is 10.1. The summed E-state index contributed by atoms with van der Waals surface area (Å²) in [7, 11) is 0. The Morgan fingerprint density at radius 2 is 2.12 bits per heavy atom. The number of nitrogens with one attached hydrogen (secondary N) is 1. The molecule has 1 aliphatic carbocycles. The summed E-state index contributed by atoms with van der Waals surface area (Å²) in [5.74, 6) is -0.311. The van der Waals surface area contributed by atoms with E-state index >= 15 is 0 Å². The van der Waals surface area contributed by atoms with Crippen molar-refractivity contribution in [2.24, 2.45) is 0 Å². The number of aliphatic hydroxyl groups is 1. The highest BCUT2D eigenvalue weighted by molar-refractivity contribution is 6.30. The van der Waals surface area contributed by atoms with Crippen LogP contribution in [0.4, 0.5) is 10.2 Å². The zero-order valence-electron chi connectivity index (χ0n) is 9.50. The van der Waals surface area contributed by atoms with Gasteiger partial charge in [-0.15, -0.1) is 0 Å². The van der Waals surface area contributed by atoms with Crippen LogP contribution < -0.4 is 5.32 Å². The van der Waals surface area contributed by atoms with Crippen molar-refractivity contribution in [2.75, 3.05) is 5.32 Å². The predicted molar refractivity (Wildman–Crippen MR) is 65.7 cm³/mol. The van der Waals surface area contributed by atoms with Crippen molar-refractivity contribution >= 4 is 17.4 Å². The van der Waals surface area contributed by atoms with E-state index in [9.17, 15) is 9.50 Å². The molecule has 2 atom stereocenters. The second kappa shape index (κ2) is 5.65. The number of pyridine rings is 1. The van der Waals surface area contributed by atoms with Gasteiger partial charge in [0.05, 0.1) is 17.2 Å².